The molecule has 1 aliphatic rings. The van der Waals surface area contributed by atoms with Gasteiger partial charge in [-0.1, -0.05) is 19.9 Å². The lowest BCUT2D eigenvalue weighted by Crippen LogP contribution is -2.41. The molecule has 21 heavy (non-hydrogen) atoms. The van der Waals surface area contributed by atoms with Crippen LogP contribution >= 0.6 is 0 Å². The Morgan fingerprint density at radius 1 is 1.48 bits per heavy atom. The zero-order valence-electron chi connectivity index (χ0n) is 13.3. The van der Waals surface area contributed by atoms with Crippen LogP contribution in [0.25, 0.3) is 0 Å². The topological polar surface area (TPSA) is 58.6 Å². The number of hydrogen-bond acceptors (Lipinski definition) is 3. The first kappa shape index (κ1) is 15.8. The van der Waals surface area contributed by atoms with Crippen LogP contribution in [0.15, 0.2) is 18.2 Å². The van der Waals surface area contributed by atoms with E-state index in [2.05, 4.69) is 5.32 Å². The normalized spacial score (nSPS) is 21.1. The third-order valence-corrected chi connectivity index (χ3v) is 3.92. The second kappa shape index (κ2) is 6.06. The first-order chi connectivity index (χ1) is 9.86. The molecule has 1 heterocycles. The Labute approximate surface area is 126 Å². The van der Waals surface area contributed by atoms with Gasteiger partial charge in [0.25, 0.3) is 0 Å². The lowest BCUT2D eigenvalue weighted by Gasteiger charge is -2.38. The molecular formula is C17H25NO3. The molecule has 0 aromatic heterocycles. The molecule has 1 aliphatic heterocycles. The van der Waals surface area contributed by atoms with Crippen molar-refractivity contribution >= 4 is 5.91 Å². The first-order valence-electron chi connectivity index (χ1n) is 7.66. The predicted molar refractivity (Wildman–Crippen MR) is 82.2 cm³/mol. The number of aliphatic hydroxyl groups is 1. The fourth-order valence-corrected chi connectivity index (χ4v) is 2.74. The van der Waals surface area contributed by atoms with Crippen LogP contribution in [0.2, 0.25) is 0 Å². The van der Waals surface area contributed by atoms with Crippen LogP contribution in [0.1, 0.15) is 70.2 Å². The lowest BCUT2D eigenvalue weighted by molar-refractivity contribution is -0.122. The van der Waals surface area contributed by atoms with Gasteiger partial charge >= 0.3 is 0 Å². The molecule has 0 spiro atoms. The number of rotatable bonds is 4. The summed E-state index contributed by atoms with van der Waals surface area (Å²) in [5.41, 5.74) is 1.51. The van der Waals surface area contributed by atoms with Crippen LogP contribution in [0, 0.1) is 0 Å². The highest BCUT2D eigenvalue weighted by Crippen LogP contribution is 2.40. The van der Waals surface area contributed by atoms with E-state index in [0.717, 1.165) is 23.3 Å². The largest absolute Gasteiger partial charge is 0.487 e. The van der Waals surface area contributed by atoms with E-state index in [9.17, 15) is 9.90 Å². The Kier molecular flexibility index (Phi) is 4.57. The van der Waals surface area contributed by atoms with Gasteiger partial charge in [0, 0.05) is 18.4 Å². The van der Waals surface area contributed by atoms with Crippen LogP contribution in [0.4, 0.5) is 0 Å². The molecule has 2 rings (SSSR count). The zero-order valence-corrected chi connectivity index (χ0v) is 13.3. The van der Waals surface area contributed by atoms with Gasteiger partial charge in [0.05, 0.1) is 12.1 Å². The average Bonchev–Trinajstić information content (AvgIpc) is 2.44. The van der Waals surface area contributed by atoms with Gasteiger partial charge in [0.15, 0.2) is 0 Å². The predicted octanol–water partition coefficient (Wildman–Crippen LogP) is 3.26. The van der Waals surface area contributed by atoms with Crippen LogP contribution in [0.3, 0.4) is 0 Å². The summed E-state index contributed by atoms with van der Waals surface area (Å²) in [7, 11) is 0. The number of benzene rings is 1. The summed E-state index contributed by atoms with van der Waals surface area (Å²) in [5.74, 6) is 0.824. The minimum absolute atomic E-state index is 0.0325. The van der Waals surface area contributed by atoms with Crippen molar-refractivity contribution in [3.63, 3.8) is 0 Å². The van der Waals surface area contributed by atoms with Crippen LogP contribution in [0.5, 0.6) is 5.75 Å². The molecule has 0 saturated heterocycles. The van der Waals surface area contributed by atoms with E-state index in [4.69, 9.17) is 4.74 Å². The molecule has 0 radical (unpaired) electrons. The summed E-state index contributed by atoms with van der Waals surface area (Å²) in [6, 6.07) is 5.68. The van der Waals surface area contributed by atoms with E-state index in [1.807, 2.05) is 45.9 Å². The SMILES string of the molecule is CCC(=O)NC1CC(C)(C)Oc2ccc(C(O)CC)cc21. The summed E-state index contributed by atoms with van der Waals surface area (Å²) < 4.78 is 6.00. The van der Waals surface area contributed by atoms with Crippen LogP contribution < -0.4 is 10.1 Å². The summed E-state index contributed by atoms with van der Waals surface area (Å²) >= 11 is 0. The number of carbonyl (C=O) groups is 1. The first-order valence-corrected chi connectivity index (χ1v) is 7.66. The van der Waals surface area contributed by atoms with Gasteiger partial charge in [-0.05, 0) is 38.0 Å². The standard InChI is InChI=1S/C17H25NO3/c1-5-14(19)11-7-8-15-12(9-11)13(18-16(20)6-2)10-17(3,4)21-15/h7-9,13-14,19H,5-6,10H2,1-4H3,(H,18,20). The highest BCUT2D eigenvalue weighted by atomic mass is 16.5. The smallest absolute Gasteiger partial charge is 0.220 e. The highest BCUT2D eigenvalue weighted by Gasteiger charge is 2.34. The maximum atomic E-state index is 11.8. The van der Waals surface area contributed by atoms with Crippen molar-refractivity contribution in [1.29, 1.82) is 0 Å². The van der Waals surface area contributed by atoms with Gasteiger partial charge in [-0.3, -0.25) is 4.79 Å². The summed E-state index contributed by atoms with van der Waals surface area (Å²) in [4.78, 5) is 11.8. The van der Waals surface area contributed by atoms with E-state index >= 15 is 0 Å². The molecule has 0 saturated carbocycles. The quantitative estimate of drug-likeness (QED) is 0.895. The van der Waals surface area contributed by atoms with Gasteiger partial charge in [-0.2, -0.15) is 0 Å². The van der Waals surface area contributed by atoms with E-state index < -0.39 is 6.10 Å². The van der Waals surface area contributed by atoms with Crippen molar-refractivity contribution < 1.29 is 14.6 Å². The number of nitrogens with one attached hydrogen (secondary N) is 1. The molecule has 1 aromatic rings. The second-order valence-electron chi connectivity index (χ2n) is 6.26. The monoisotopic (exact) mass is 291 g/mol. The lowest BCUT2D eigenvalue weighted by atomic mass is 9.88. The van der Waals surface area contributed by atoms with Crippen molar-refractivity contribution in [2.45, 2.75) is 64.7 Å². The number of aliphatic hydroxyl groups excluding tert-OH is 1. The fourth-order valence-electron chi connectivity index (χ4n) is 2.74. The Morgan fingerprint density at radius 2 is 2.19 bits per heavy atom. The number of hydrogen-bond donors (Lipinski definition) is 2. The molecule has 2 unspecified atom stereocenters. The Morgan fingerprint density at radius 3 is 2.81 bits per heavy atom. The molecule has 116 valence electrons. The molecule has 2 N–H and O–H groups in total. The summed E-state index contributed by atoms with van der Waals surface area (Å²) in [5, 5.41) is 13.1. The number of fused-ring (bicyclic) bond motifs is 1. The Balaban J connectivity index is 2.37. The van der Waals surface area contributed by atoms with Crippen molar-refractivity contribution in [3.8, 4) is 5.75 Å². The number of ether oxygens (including phenoxy) is 1. The maximum absolute atomic E-state index is 11.8. The maximum Gasteiger partial charge on any atom is 0.220 e. The molecular weight excluding hydrogens is 266 g/mol. The van der Waals surface area contributed by atoms with Crippen LogP contribution in [-0.4, -0.2) is 16.6 Å². The van der Waals surface area contributed by atoms with Gasteiger partial charge in [-0.15, -0.1) is 0 Å². The van der Waals surface area contributed by atoms with E-state index in [-0.39, 0.29) is 17.6 Å². The van der Waals surface area contributed by atoms with E-state index in [1.165, 1.54) is 0 Å². The molecule has 0 bridgehead atoms. The second-order valence-corrected chi connectivity index (χ2v) is 6.26. The molecule has 0 aliphatic carbocycles. The van der Waals surface area contributed by atoms with Gasteiger partial charge in [-0.25, -0.2) is 0 Å². The zero-order chi connectivity index (χ0) is 15.6. The van der Waals surface area contributed by atoms with Gasteiger partial charge in [0.2, 0.25) is 5.91 Å². The van der Waals surface area contributed by atoms with Crippen molar-refractivity contribution in [2.24, 2.45) is 0 Å². The van der Waals surface area contributed by atoms with Gasteiger partial charge < -0.3 is 15.2 Å². The van der Waals surface area contributed by atoms with Crippen molar-refractivity contribution in [3.05, 3.63) is 29.3 Å². The summed E-state index contributed by atoms with van der Waals surface area (Å²) in [6.45, 7) is 7.84. The number of amides is 1. The molecule has 2 atom stereocenters. The molecule has 4 heteroatoms. The third-order valence-electron chi connectivity index (χ3n) is 3.92. The molecule has 4 nitrogen and oxygen atoms in total. The molecule has 1 aromatic carbocycles. The van der Waals surface area contributed by atoms with Crippen molar-refractivity contribution in [1.82, 2.24) is 5.32 Å². The Hall–Kier alpha value is -1.55. The summed E-state index contributed by atoms with van der Waals surface area (Å²) in [6.07, 6.45) is 1.37. The van der Waals surface area contributed by atoms with E-state index in [1.54, 1.807) is 0 Å². The fraction of sp³-hybridized carbons (Fsp3) is 0.588. The number of carbonyl (C=O) groups excluding carboxylic acids is 1. The minimum atomic E-state index is -0.479. The Bertz CT molecular complexity index is 525. The minimum Gasteiger partial charge on any atom is -0.487 e. The average molecular weight is 291 g/mol. The van der Waals surface area contributed by atoms with Gasteiger partial charge in [0.1, 0.15) is 11.4 Å². The van der Waals surface area contributed by atoms with Crippen LogP contribution in [-0.2, 0) is 4.79 Å². The van der Waals surface area contributed by atoms with Crippen molar-refractivity contribution in [2.75, 3.05) is 0 Å². The van der Waals surface area contributed by atoms with E-state index in [0.29, 0.717) is 12.8 Å². The molecule has 0 fully saturated rings. The highest BCUT2D eigenvalue weighted by molar-refractivity contribution is 5.76. The third kappa shape index (κ3) is 3.56. The molecule has 1 amide bonds.